The van der Waals surface area contributed by atoms with E-state index >= 15 is 0 Å². The molecule has 0 unspecified atom stereocenters. The van der Waals surface area contributed by atoms with Gasteiger partial charge in [0.1, 0.15) is 13.2 Å². The van der Waals surface area contributed by atoms with Gasteiger partial charge in [-0.1, -0.05) is 53.4 Å². The Morgan fingerprint density at radius 1 is 0.580 bits per heavy atom. The number of aliphatic hydroxyl groups is 4. The van der Waals surface area contributed by atoms with E-state index in [4.69, 9.17) is 9.47 Å². The molecule has 4 heterocycles. The molecule has 4 N–H and O–H groups in total. The van der Waals surface area contributed by atoms with Gasteiger partial charge in [-0.2, -0.15) is 0 Å². The highest BCUT2D eigenvalue weighted by Crippen LogP contribution is 2.42. The van der Waals surface area contributed by atoms with E-state index in [0.29, 0.717) is 37.1 Å². The van der Waals surface area contributed by atoms with Crippen molar-refractivity contribution in [3.05, 3.63) is 0 Å². The molecule has 0 aromatic heterocycles. The summed E-state index contributed by atoms with van der Waals surface area (Å²) in [6.07, 6.45) is 14.9. The minimum atomic E-state index is -1.86. The predicted molar refractivity (Wildman–Crippen MR) is 194 cm³/mol. The molecule has 290 valence electrons. The average molecular weight is 711 g/mol. The summed E-state index contributed by atoms with van der Waals surface area (Å²) in [5.41, 5.74) is -3.72. The topological polar surface area (TPSA) is 134 Å². The summed E-state index contributed by atoms with van der Waals surface area (Å²) in [5, 5.41) is 41.8. The number of rotatable bonds is 21. The number of hydrogen-bond donors (Lipinski definition) is 4. The van der Waals surface area contributed by atoms with Crippen molar-refractivity contribution in [3.8, 4) is 0 Å². The van der Waals surface area contributed by atoms with Crippen LogP contribution in [-0.2, 0) is 19.1 Å². The molecule has 10 heteroatoms. The molecule has 0 radical (unpaired) electrons. The monoisotopic (exact) mass is 711 g/mol. The highest BCUT2D eigenvalue weighted by Gasteiger charge is 2.54. The van der Waals surface area contributed by atoms with Gasteiger partial charge < -0.3 is 38.9 Å². The van der Waals surface area contributed by atoms with Crippen LogP contribution in [0.1, 0.15) is 131 Å². The van der Waals surface area contributed by atoms with E-state index in [-0.39, 0.29) is 0 Å². The van der Waals surface area contributed by atoms with Crippen molar-refractivity contribution in [2.24, 2.45) is 23.7 Å². The Hall–Kier alpha value is -1.30. The zero-order chi connectivity index (χ0) is 36.7. The van der Waals surface area contributed by atoms with Crippen molar-refractivity contribution < 1.29 is 48.5 Å². The first-order chi connectivity index (χ1) is 23.6. The molecule has 4 fully saturated rings. The fourth-order valence-electron chi connectivity index (χ4n) is 10.7. The molecular weight excluding hydrogens is 636 g/mol. The molecule has 0 aliphatic carbocycles. The zero-order valence-corrected chi connectivity index (χ0v) is 32.5. The summed E-state index contributed by atoms with van der Waals surface area (Å²) >= 11 is 0. The standard InChI is InChI=1S/C40H74N2O8/c1-29(2)39(47,31(5)43)37(45)49-27-33-19-25-41(23-15-17-35(33)41)21-13-11-9-7-8-10-12-14-22-42-24-16-18-36(42)34(20-26-42)28-50-38(46)40(48,30(3)4)32(6)44/h29-36,43-44,47-48H,7-28H2,1-6H3/q+2/t31-,32-,33+,34+,35+,36+,39+,40+,41+,42+/m1/s1. The summed E-state index contributed by atoms with van der Waals surface area (Å²) in [6.45, 7) is 17.8. The number of ether oxygens (including phenoxy) is 2. The molecule has 10 nitrogen and oxygen atoms in total. The van der Waals surface area contributed by atoms with Crippen LogP contribution in [0.3, 0.4) is 0 Å². The van der Waals surface area contributed by atoms with Crippen molar-refractivity contribution >= 4 is 11.9 Å². The molecule has 0 bridgehead atoms. The number of unbranched alkanes of at least 4 members (excludes halogenated alkanes) is 7. The Balaban J connectivity index is 1.08. The predicted octanol–water partition coefficient (Wildman–Crippen LogP) is 4.73. The SMILES string of the molecule is CC(C)[C@@](O)(C(=O)OC[C@@H]1CC[N@+]2(CCCCCCCCCC[N@@+]34CCC[C@H]3[C@H](COC(=O)[C@](O)(C(C)C)[C@@H](C)O)CC4)CCC[C@@H]12)[C@@H](C)O. The largest absolute Gasteiger partial charge is 0.463 e. The maximum absolute atomic E-state index is 12.8. The number of hydrogen-bond acceptors (Lipinski definition) is 8. The highest BCUT2D eigenvalue weighted by molar-refractivity contribution is 5.81. The Morgan fingerprint density at radius 2 is 0.920 bits per heavy atom. The Morgan fingerprint density at radius 3 is 1.24 bits per heavy atom. The smallest absolute Gasteiger partial charge is 0.341 e. The van der Waals surface area contributed by atoms with E-state index in [1.807, 2.05) is 0 Å². The summed E-state index contributed by atoms with van der Waals surface area (Å²) in [5.74, 6) is -1.55. The second kappa shape index (κ2) is 17.7. The lowest BCUT2D eigenvalue weighted by Gasteiger charge is -2.36. The Kier molecular flexibility index (Phi) is 14.7. The van der Waals surface area contributed by atoms with Gasteiger partial charge >= 0.3 is 11.9 Å². The van der Waals surface area contributed by atoms with Gasteiger partial charge in [0.25, 0.3) is 0 Å². The van der Waals surface area contributed by atoms with Gasteiger partial charge in [-0.15, -0.1) is 0 Å². The van der Waals surface area contributed by atoms with Crippen LogP contribution in [0, 0.1) is 23.7 Å². The van der Waals surface area contributed by atoms with Crippen molar-refractivity contribution in [1.29, 1.82) is 0 Å². The fraction of sp³-hybridized carbons (Fsp3) is 0.950. The van der Waals surface area contributed by atoms with E-state index in [1.165, 1.54) is 126 Å². The molecular formula is C40H74N2O8+2. The van der Waals surface area contributed by atoms with Crippen molar-refractivity contribution in [2.45, 2.75) is 167 Å². The molecule has 50 heavy (non-hydrogen) atoms. The highest BCUT2D eigenvalue weighted by atomic mass is 16.6. The molecule has 4 rings (SSSR count). The summed E-state index contributed by atoms with van der Waals surface area (Å²) < 4.78 is 13.7. The number of quaternary nitrogens is 2. The van der Waals surface area contributed by atoms with E-state index in [1.54, 1.807) is 27.7 Å². The van der Waals surface area contributed by atoms with Crippen molar-refractivity contribution in [2.75, 3.05) is 52.5 Å². The van der Waals surface area contributed by atoms with Gasteiger partial charge in [0, 0.05) is 38.5 Å². The molecule has 4 saturated heterocycles. The van der Waals surface area contributed by atoms with Gasteiger partial charge in [-0.3, -0.25) is 0 Å². The molecule has 0 saturated carbocycles. The normalized spacial score (nSPS) is 32.8. The average Bonchev–Trinajstić information content (AvgIpc) is 3.83. The molecule has 0 spiro atoms. The zero-order valence-electron chi connectivity index (χ0n) is 32.5. The second-order valence-corrected chi connectivity index (χ2v) is 17.6. The molecule has 4 aliphatic rings. The van der Waals surface area contributed by atoms with E-state index < -0.39 is 47.2 Å². The number of nitrogens with zero attached hydrogens (tertiary/aromatic N) is 2. The van der Waals surface area contributed by atoms with Gasteiger partial charge in [0.05, 0.1) is 75.4 Å². The van der Waals surface area contributed by atoms with Crippen LogP contribution in [-0.4, -0.2) is 129 Å². The fourth-order valence-corrected chi connectivity index (χ4v) is 10.7. The first-order valence-corrected chi connectivity index (χ1v) is 20.5. The van der Waals surface area contributed by atoms with Crippen LogP contribution in [0.15, 0.2) is 0 Å². The first kappa shape index (κ1) is 41.5. The summed E-state index contributed by atoms with van der Waals surface area (Å²) in [7, 11) is 0. The number of carbonyl (C=O) groups is 2. The van der Waals surface area contributed by atoms with Crippen LogP contribution in [0.2, 0.25) is 0 Å². The third-order valence-electron chi connectivity index (χ3n) is 14.1. The van der Waals surface area contributed by atoms with E-state index in [0.717, 1.165) is 25.9 Å². The number of fused-ring (bicyclic) bond motifs is 2. The minimum absolute atomic E-state index is 0.337. The lowest BCUT2D eigenvalue weighted by Crippen LogP contribution is -2.54. The van der Waals surface area contributed by atoms with Gasteiger partial charge in [-0.25, -0.2) is 9.59 Å². The molecule has 4 aliphatic heterocycles. The minimum Gasteiger partial charge on any atom is -0.463 e. The lowest BCUT2D eigenvalue weighted by molar-refractivity contribution is -0.929. The molecule has 0 aromatic carbocycles. The summed E-state index contributed by atoms with van der Waals surface area (Å²) in [4.78, 5) is 25.6. The van der Waals surface area contributed by atoms with Crippen molar-refractivity contribution in [3.63, 3.8) is 0 Å². The molecule has 0 aromatic rings. The number of carbonyl (C=O) groups excluding carboxylic acids is 2. The first-order valence-electron chi connectivity index (χ1n) is 20.5. The Bertz CT molecular complexity index is 997. The second-order valence-electron chi connectivity index (χ2n) is 17.6. The van der Waals surface area contributed by atoms with E-state index in [2.05, 4.69) is 0 Å². The van der Waals surface area contributed by atoms with Crippen LogP contribution in [0.4, 0.5) is 0 Å². The van der Waals surface area contributed by atoms with Crippen LogP contribution in [0.5, 0.6) is 0 Å². The van der Waals surface area contributed by atoms with Crippen LogP contribution < -0.4 is 0 Å². The third kappa shape index (κ3) is 8.73. The van der Waals surface area contributed by atoms with E-state index in [9.17, 15) is 30.0 Å². The van der Waals surface area contributed by atoms with Gasteiger partial charge in [0.15, 0.2) is 11.2 Å². The lowest BCUT2D eigenvalue weighted by atomic mass is 9.85. The number of esters is 2. The molecule has 10 atom stereocenters. The summed E-state index contributed by atoms with van der Waals surface area (Å²) in [6, 6.07) is 1.09. The molecule has 0 amide bonds. The number of aliphatic hydroxyl groups excluding tert-OH is 2. The Labute approximate surface area is 303 Å². The van der Waals surface area contributed by atoms with Gasteiger partial charge in [0.2, 0.25) is 0 Å². The third-order valence-corrected chi connectivity index (χ3v) is 14.1. The maximum atomic E-state index is 12.8. The quantitative estimate of drug-likeness (QED) is 0.0764. The van der Waals surface area contributed by atoms with Crippen LogP contribution in [0.25, 0.3) is 0 Å². The van der Waals surface area contributed by atoms with Gasteiger partial charge in [-0.05, 0) is 51.4 Å². The van der Waals surface area contributed by atoms with Crippen molar-refractivity contribution in [1.82, 2.24) is 0 Å². The maximum Gasteiger partial charge on any atom is 0.341 e. The van der Waals surface area contributed by atoms with Crippen LogP contribution >= 0.6 is 0 Å².